The Morgan fingerprint density at radius 3 is 2.67 bits per heavy atom. The Bertz CT molecular complexity index is 481. The summed E-state index contributed by atoms with van der Waals surface area (Å²) >= 11 is 5.87. The lowest BCUT2D eigenvalue weighted by Crippen LogP contribution is -2.19. The molecule has 1 aromatic heterocycles. The highest BCUT2D eigenvalue weighted by molar-refractivity contribution is 6.33. The zero-order valence-corrected chi connectivity index (χ0v) is 8.63. The molecule has 1 aromatic rings. The second kappa shape index (κ2) is 3.66. The SMILES string of the molecule is O=c1[nH]c2c(c(Cl)c1[N+](=O)[O-])CCCC2. The lowest BCUT2D eigenvalue weighted by Gasteiger charge is -2.15. The largest absolute Gasteiger partial charge is 0.352 e. The topological polar surface area (TPSA) is 76.0 Å². The Balaban J connectivity index is 2.70. The van der Waals surface area contributed by atoms with Crippen molar-refractivity contribution in [3.63, 3.8) is 0 Å². The molecule has 2 rings (SSSR count). The number of hydrogen-bond donors (Lipinski definition) is 1. The van der Waals surface area contributed by atoms with E-state index in [0.29, 0.717) is 6.42 Å². The lowest BCUT2D eigenvalue weighted by molar-refractivity contribution is -0.386. The van der Waals surface area contributed by atoms with Gasteiger partial charge < -0.3 is 4.98 Å². The molecule has 0 saturated carbocycles. The van der Waals surface area contributed by atoms with Crippen molar-refractivity contribution in [1.82, 2.24) is 4.98 Å². The van der Waals surface area contributed by atoms with Crippen LogP contribution in [-0.2, 0) is 12.8 Å². The third-order valence-electron chi connectivity index (χ3n) is 2.60. The third-order valence-corrected chi connectivity index (χ3v) is 3.01. The van der Waals surface area contributed by atoms with Gasteiger partial charge in [0.05, 0.1) is 4.92 Å². The summed E-state index contributed by atoms with van der Waals surface area (Å²) in [6, 6.07) is 0. The number of nitrogens with zero attached hydrogens (tertiary/aromatic N) is 1. The smallest absolute Gasteiger partial charge is 0.320 e. The Morgan fingerprint density at radius 1 is 1.33 bits per heavy atom. The average molecular weight is 229 g/mol. The van der Waals surface area contributed by atoms with Gasteiger partial charge in [-0.05, 0) is 31.2 Å². The first kappa shape index (κ1) is 10.2. The summed E-state index contributed by atoms with van der Waals surface area (Å²) in [6.07, 6.45) is 3.38. The highest BCUT2D eigenvalue weighted by atomic mass is 35.5. The molecule has 0 fully saturated rings. The van der Waals surface area contributed by atoms with Gasteiger partial charge >= 0.3 is 11.2 Å². The van der Waals surface area contributed by atoms with Crippen LogP contribution < -0.4 is 5.56 Å². The van der Waals surface area contributed by atoms with E-state index in [0.717, 1.165) is 30.5 Å². The number of hydrogen-bond acceptors (Lipinski definition) is 3. The first-order valence-corrected chi connectivity index (χ1v) is 5.07. The quantitative estimate of drug-likeness (QED) is 0.588. The number of aromatic amines is 1. The molecule has 15 heavy (non-hydrogen) atoms. The van der Waals surface area contributed by atoms with Gasteiger partial charge in [-0.2, -0.15) is 0 Å². The standard InChI is InChI=1S/C9H9ClN2O3/c10-7-5-3-1-2-4-6(5)11-9(13)8(7)12(14)15/h1-4H2,(H,11,13). The Labute approximate surface area is 90.2 Å². The molecule has 0 aromatic carbocycles. The molecule has 5 nitrogen and oxygen atoms in total. The Hall–Kier alpha value is -1.36. The molecule has 6 heteroatoms. The number of H-pyrrole nitrogens is 1. The molecular weight excluding hydrogens is 220 g/mol. The minimum Gasteiger partial charge on any atom is -0.320 e. The number of rotatable bonds is 1. The van der Waals surface area contributed by atoms with Crippen molar-refractivity contribution >= 4 is 17.3 Å². The van der Waals surface area contributed by atoms with Crippen LogP contribution in [0, 0.1) is 10.1 Å². The normalized spacial score (nSPS) is 14.7. The predicted octanol–water partition coefficient (Wildman–Crippen LogP) is 1.82. The summed E-state index contributed by atoms with van der Waals surface area (Å²) in [5.74, 6) is 0. The Kier molecular flexibility index (Phi) is 2.48. The number of pyridine rings is 1. The van der Waals surface area contributed by atoms with E-state index in [1.807, 2.05) is 0 Å². The highest BCUT2D eigenvalue weighted by Crippen LogP contribution is 2.30. The minimum absolute atomic E-state index is 0.0125. The number of aryl methyl sites for hydroxylation is 1. The van der Waals surface area contributed by atoms with Crippen LogP contribution in [-0.4, -0.2) is 9.91 Å². The molecule has 0 bridgehead atoms. The summed E-state index contributed by atoms with van der Waals surface area (Å²) in [5.41, 5.74) is 0.249. The van der Waals surface area contributed by atoms with Gasteiger partial charge in [0.15, 0.2) is 0 Å². The zero-order chi connectivity index (χ0) is 11.0. The fraction of sp³-hybridized carbons (Fsp3) is 0.444. The maximum atomic E-state index is 11.4. The summed E-state index contributed by atoms with van der Waals surface area (Å²) < 4.78 is 0. The predicted molar refractivity (Wildman–Crippen MR) is 55.4 cm³/mol. The summed E-state index contributed by atoms with van der Waals surface area (Å²) in [5, 5.41) is 10.6. The molecule has 1 N–H and O–H groups in total. The van der Waals surface area contributed by atoms with Gasteiger partial charge in [0, 0.05) is 5.69 Å². The van der Waals surface area contributed by atoms with Crippen molar-refractivity contribution in [3.8, 4) is 0 Å². The molecule has 1 heterocycles. The van der Waals surface area contributed by atoms with Crippen LogP contribution >= 0.6 is 11.6 Å². The van der Waals surface area contributed by atoms with Crippen molar-refractivity contribution in [2.45, 2.75) is 25.7 Å². The lowest BCUT2D eigenvalue weighted by atomic mass is 9.96. The molecule has 0 spiro atoms. The van der Waals surface area contributed by atoms with E-state index in [2.05, 4.69) is 4.98 Å². The summed E-state index contributed by atoms with van der Waals surface area (Å²) in [7, 11) is 0. The molecule has 0 amide bonds. The first-order valence-electron chi connectivity index (χ1n) is 4.69. The Morgan fingerprint density at radius 2 is 2.00 bits per heavy atom. The fourth-order valence-electron chi connectivity index (χ4n) is 1.89. The number of aromatic nitrogens is 1. The number of halogens is 1. The maximum Gasteiger partial charge on any atom is 0.352 e. The van der Waals surface area contributed by atoms with E-state index in [1.165, 1.54) is 0 Å². The van der Waals surface area contributed by atoms with Crippen molar-refractivity contribution in [2.24, 2.45) is 0 Å². The van der Waals surface area contributed by atoms with Gasteiger partial charge in [0.25, 0.3) is 0 Å². The van der Waals surface area contributed by atoms with Gasteiger partial charge in [-0.3, -0.25) is 14.9 Å². The van der Waals surface area contributed by atoms with Crippen LogP contribution in [0.4, 0.5) is 5.69 Å². The van der Waals surface area contributed by atoms with E-state index >= 15 is 0 Å². The van der Waals surface area contributed by atoms with E-state index in [4.69, 9.17) is 11.6 Å². The van der Waals surface area contributed by atoms with E-state index in [-0.39, 0.29) is 5.02 Å². The highest BCUT2D eigenvalue weighted by Gasteiger charge is 2.25. The van der Waals surface area contributed by atoms with Gasteiger partial charge in [-0.15, -0.1) is 0 Å². The number of nitro groups is 1. The molecule has 80 valence electrons. The molecule has 0 unspecified atom stereocenters. The molecule has 1 aliphatic carbocycles. The van der Waals surface area contributed by atoms with Crippen molar-refractivity contribution in [1.29, 1.82) is 0 Å². The summed E-state index contributed by atoms with van der Waals surface area (Å²) in [4.78, 5) is 23.8. The summed E-state index contributed by atoms with van der Waals surface area (Å²) in [6.45, 7) is 0. The van der Waals surface area contributed by atoms with Gasteiger partial charge in [0.2, 0.25) is 0 Å². The monoisotopic (exact) mass is 228 g/mol. The molecule has 0 atom stereocenters. The second-order valence-electron chi connectivity index (χ2n) is 3.54. The van der Waals surface area contributed by atoms with E-state index in [9.17, 15) is 14.9 Å². The second-order valence-corrected chi connectivity index (χ2v) is 3.92. The third kappa shape index (κ3) is 1.63. The molecule has 0 radical (unpaired) electrons. The number of fused-ring (bicyclic) bond motifs is 1. The molecule has 0 saturated heterocycles. The first-order chi connectivity index (χ1) is 7.11. The molecule has 0 aliphatic heterocycles. The minimum atomic E-state index is -0.726. The average Bonchev–Trinajstić information content (AvgIpc) is 2.17. The maximum absolute atomic E-state index is 11.4. The van der Waals surface area contributed by atoms with Crippen molar-refractivity contribution in [2.75, 3.05) is 0 Å². The van der Waals surface area contributed by atoms with E-state index < -0.39 is 16.2 Å². The van der Waals surface area contributed by atoms with Crippen LogP contribution in [0.5, 0.6) is 0 Å². The van der Waals surface area contributed by atoms with Gasteiger partial charge in [-0.1, -0.05) is 11.6 Å². The molecule has 1 aliphatic rings. The molecular formula is C9H9ClN2O3. The van der Waals surface area contributed by atoms with Gasteiger partial charge in [0.1, 0.15) is 5.02 Å². The zero-order valence-electron chi connectivity index (χ0n) is 7.88. The van der Waals surface area contributed by atoms with Crippen LogP contribution in [0.2, 0.25) is 5.02 Å². The number of nitrogens with one attached hydrogen (secondary N) is 1. The van der Waals surface area contributed by atoms with Crippen LogP contribution in [0.25, 0.3) is 0 Å². The fourth-order valence-corrected chi connectivity index (χ4v) is 2.25. The van der Waals surface area contributed by atoms with Crippen LogP contribution in [0.15, 0.2) is 4.79 Å². The van der Waals surface area contributed by atoms with Gasteiger partial charge in [-0.25, -0.2) is 0 Å². The van der Waals surface area contributed by atoms with Crippen molar-refractivity contribution in [3.05, 3.63) is 36.7 Å². The van der Waals surface area contributed by atoms with Crippen molar-refractivity contribution < 1.29 is 4.92 Å². The van der Waals surface area contributed by atoms with Crippen LogP contribution in [0.3, 0.4) is 0 Å². The van der Waals surface area contributed by atoms with E-state index in [1.54, 1.807) is 0 Å². The van der Waals surface area contributed by atoms with Crippen LogP contribution in [0.1, 0.15) is 24.1 Å².